The van der Waals surface area contributed by atoms with Crippen LogP contribution in [0.1, 0.15) is 13.8 Å². The zero-order chi connectivity index (χ0) is 11.5. The predicted octanol–water partition coefficient (Wildman–Crippen LogP) is 2.98. The lowest BCUT2D eigenvalue weighted by Gasteiger charge is -2.38. The van der Waals surface area contributed by atoms with Gasteiger partial charge in [0.05, 0.1) is 0 Å². The standard InChI is InChI=1S/C13H19BrN2/c1-11(2)15-6-8-16(9-7-15)13-5-3-4-12(14)10-13/h3-5,10-11H,6-9H2,1-2H3. The van der Waals surface area contributed by atoms with E-state index < -0.39 is 0 Å². The van der Waals surface area contributed by atoms with Gasteiger partial charge in [-0.2, -0.15) is 0 Å². The van der Waals surface area contributed by atoms with Crippen LogP contribution in [0.3, 0.4) is 0 Å². The third-order valence-corrected chi connectivity index (χ3v) is 3.71. The van der Waals surface area contributed by atoms with Gasteiger partial charge >= 0.3 is 0 Å². The molecule has 16 heavy (non-hydrogen) atoms. The van der Waals surface area contributed by atoms with Gasteiger partial charge in [-0.15, -0.1) is 0 Å². The average Bonchev–Trinajstić information content (AvgIpc) is 2.29. The molecule has 1 heterocycles. The minimum absolute atomic E-state index is 0.671. The Morgan fingerprint density at radius 3 is 2.38 bits per heavy atom. The van der Waals surface area contributed by atoms with Gasteiger partial charge in [0.1, 0.15) is 0 Å². The summed E-state index contributed by atoms with van der Waals surface area (Å²) in [4.78, 5) is 5.00. The first-order valence-corrected chi connectivity index (χ1v) is 6.70. The Bertz CT molecular complexity index is 344. The van der Waals surface area contributed by atoms with Gasteiger partial charge in [-0.25, -0.2) is 0 Å². The SMILES string of the molecule is CC(C)N1CCN(c2cccc(Br)c2)CC1. The topological polar surface area (TPSA) is 6.48 Å². The van der Waals surface area contributed by atoms with Crippen molar-refractivity contribution in [2.75, 3.05) is 31.1 Å². The van der Waals surface area contributed by atoms with E-state index in [9.17, 15) is 0 Å². The molecule has 0 aromatic heterocycles. The summed E-state index contributed by atoms with van der Waals surface area (Å²) >= 11 is 3.53. The Hall–Kier alpha value is -0.540. The van der Waals surface area contributed by atoms with E-state index in [2.05, 4.69) is 63.8 Å². The molecule has 1 saturated heterocycles. The van der Waals surface area contributed by atoms with Crippen molar-refractivity contribution in [3.8, 4) is 0 Å². The number of halogens is 1. The zero-order valence-electron chi connectivity index (χ0n) is 9.99. The second kappa shape index (κ2) is 5.19. The highest BCUT2D eigenvalue weighted by atomic mass is 79.9. The van der Waals surface area contributed by atoms with Gasteiger partial charge in [0, 0.05) is 42.4 Å². The minimum atomic E-state index is 0.671. The quantitative estimate of drug-likeness (QED) is 0.823. The van der Waals surface area contributed by atoms with Crippen molar-refractivity contribution in [2.45, 2.75) is 19.9 Å². The summed E-state index contributed by atoms with van der Waals surface area (Å²) in [6, 6.07) is 9.24. The number of hydrogen-bond donors (Lipinski definition) is 0. The van der Waals surface area contributed by atoms with Crippen molar-refractivity contribution in [3.05, 3.63) is 28.7 Å². The molecule has 0 bridgehead atoms. The van der Waals surface area contributed by atoms with Crippen LogP contribution in [0.5, 0.6) is 0 Å². The molecule has 1 aliphatic rings. The molecular weight excluding hydrogens is 264 g/mol. The van der Waals surface area contributed by atoms with Gasteiger partial charge in [0.25, 0.3) is 0 Å². The fraction of sp³-hybridized carbons (Fsp3) is 0.538. The Labute approximate surface area is 106 Å². The van der Waals surface area contributed by atoms with Crippen LogP contribution in [0, 0.1) is 0 Å². The lowest BCUT2D eigenvalue weighted by molar-refractivity contribution is 0.209. The summed E-state index contributed by atoms with van der Waals surface area (Å²) in [6.45, 7) is 9.15. The van der Waals surface area contributed by atoms with Crippen LogP contribution in [0.4, 0.5) is 5.69 Å². The molecule has 3 heteroatoms. The molecule has 0 atom stereocenters. The molecule has 0 amide bonds. The van der Waals surface area contributed by atoms with Gasteiger partial charge in [0.15, 0.2) is 0 Å². The molecule has 0 saturated carbocycles. The lowest BCUT2D eigenvalue weighted by atomic mass is 10.2. The molecule has 0 spiro atoms. The van der Waals surface area contributed by atoms with Crippen LogP contribution < -0.4 is 4.90 Å². The van der Waals surface area contributed by atoms with Crippen molar-refractivity contribution >= 4 is 21.6 Å². The molecule has 0 N–H and O–H groups in total. The predicted molar refractivity (Wildman–Crippen MR) is 73.1 cm³/mol. The Morgan fingerprint density at radius 1 is 1.12 bits per heavy atom. The zero-order valence-corrected chi connectivity index (χ0v) is 11.6. The second-order valence-corrected chi connectivity index (χ2v) is 5.51. The van der Waals surface area contributed by atoms with E-state index in [1.165, 1.54) is 18.8 Å². The van der Waals surface area contributed by atoms with Crippen molar-refractivity contribution < 1.29 is 0 Å². The van der Waals surface area contributed by atoms with Crippen LogP contribution in [0.15, 0.2) is 28.7 Å². The normalized spacial score (nSPS) is 18.1. The molecule has 2 nitrogen and oxygen atoms in total. The largest absolute Gasteiger partial charge is 0.369 e. The first-order valence-electron chi connectivity index (χ1n) is 5.91. The van der Waals surface area contributed by atoms with E-state index in [4.69, 9.17) is 0 Å². The minimum Gasteiger partial charge on any atom is -0.369 e. The summed E-state index contributed by atoms with van der Waals surface area (Å²) in [5.74, 6) is 0. The number of piperazine rings is 1. The molecule has 88 valence electrons. The monoisotopic (exact) mass is 282 g/mol. The Morgan fingerprint density at radius 2 is 1.81 bits per heavy atom. The molecule has 1 aliphatic heterocycles. The van der Waals surface area contributed by atoms with Crippen LogP contribution in [0.2, 0.25) is 0 Å². The summed E-state index contributed by atoms with van der Waals surface area (Å²) in [5.41, 5.74) is 1.33. The number of hydrogen-bond acceptors (Lipinski definition) is 2. The van der Waals surface area contributed by atoms with Gasteiger partial charge in [0.2, 0.25) is 0 Å². The number of nitrogens with zero attached hydrogens (tertiary/aromatic N) is 2. The van der Waals surface area contributed by atoms with Gasteiger partial charge in [-0.3, -0.25) is 4.90 Å². The van der Waals surface area contributed by atoms with E-state index >= 15 is 0 Å². The Balaban J connectivity index is 1.99. The van der Waals surface area contributed by atoms with Gasteiger partial charge in [-0.05, 0) is 32.0 Å². The summed E-state index contributed by atoms with van der Waals surface area (Å²) in [7, 11) is 0. The molecule has 0 radical (unpaired) electrons. The maximum atomic E-state index is 3.53. The van der Waals surface area contributed by atoms with Crippen LogP contribution in [0.25, 0.3) is 0 Å². The summed E-state index contributed by atoms with van der Waals surface area (Å²) in [5, 5.41) is 0. The molecular formula is C13H19BrN2. The maximum Gasteiger partial charge on any atom is 0.0378 e. The first-order chi connectivity index (χ1) is 7.66. The van der Waals surface area contributed by atoms with E-state index in [0.29, 0.717) is 6.04 Å². The molecule has 0 unspecified atom stereocenters. The van der Waals surface area contributed by atoms with E-state index in [0.717, 1.165) is 17.6 Å². The number of anilines is 1. The molecule has 2 rings (SSSR count). The van der Waals surface area contributed by atoms with Crippen molar-refractivity contribution in [1.82, 2.24) is 4.90 Å². The smallest absolute Gasteiger partial charge is 0.0378 e. The van der Waals surface area contributed by atoms with Crippen LogP contribution in [-0.4, -0.2) is 37.1 Å². The van der Waals surface area contributed by atoms with Crippen molar-refractivity contribution in [2.24, 2.45) is 0 Å². The van der Waals surface area contributed by atoms with E-state index in [-0.39, 0.29) is 0 Å². The third kappa shape index (κ3) is 2.77. The molecule has 1 aromatic carbocycles. The van der Waals surface area contributed by atoms with Gasteiger partial charge in [-0.1, -0.05) is 22.0 Å². The highest BCUT2D eigenvalue weighted by Gasteiger charge is 2.18. The van der Waals surface area contributed by atoms with Crippen LogP contribution >= 0.6 is 15.9 Å². The first kappa shape index (κ1) is 11.9. The molecule has 0 aliphatic carbocycles. The fourth-order valence-electron chi connectivity index (χ4n) is 2.17. The molecule has 1 fully saturated rings. The summed E-state index contributed by atoms with van der Waals surface area (Å²) in [6.07, 6.45) is 0. The Kier molecular flexibility index (Phi) is 3.87. The second-order valence-electron chi connectivity index (χ2n) is 4.60. The fourth-order valence-corrected chi connectivity index (χ4v) is 2.56. The highest BCUT2D eigenvalue weighted by Crippen LogP contribution is 2.21. The maximum absolute atomic E-state index is 3.53. The van der Waals surface area contributed by atoms with Gasteiger partial charge < -0.3 is 4.90 Å². The van der Waals surface area contributed by atoms with Crippen molar-refractivity contribution in [1.29, 1.82) is 0 Å². The average molecular weight is 283 g/mol. The van der Waals surface area contributed by atoms with E-state index in [1.54, 1.807) is 0 Å². The lowest BCUT2D eigenvalue weighted by Crippen LogP contribution is -2.48. The highest BCUT2D eigenvalue weighted by molar-refractivity contribution is 9.10. The number of benzene rings is 1. The van der Waals surface area contributed by atoms with E-state index in [1.807, 2.05) is 0 Å². The molecule has 1 aromatic rings. The number of rotatable bonds is 2. The third-order valence-electron chi connectivity index (χ3n) is 3.22. The summed E-state index contributed by atoms with van der Waals surface area (Å²) < 4.78 is 1.16. The van der Waals surface area contributed by atoms with Crippen molar-refractivity contribution in [3.63, 3.8) is 0 Å². The van der Waals surface area contributed by atoms with Crippen LogP contribution in [-0.2, 0) is 0 Å².